The average Bonchev–Trinajstić information content (AvgIpc) is 2.69. The minimum Gasteiger partial charge on any atom is -0.497 e. The summed E-state index contributed by atoms with van der Waals surface area (Å²) < 4.78 is 10.4. The monoisotopic (exact) mass is 351 g/mol. The molecule has 0 amide bonds. The molecule has 1 heterocycles. The number of nitrogens with zero attached hydrogens (tertiary/aromatic N) is 3. The summed E-state index contributed by atoms with van der Waals surface area (Å²) in [7, 11) is 3.30. The molecule has 0 saturated carbocycles. The topological polar surface area (TPSA) is 81.2 Å². The van der Waals surface area contributed by atoms with Gasteiger partial charge < -0.3 is 20.1 Å². The number of rotatable bonds is 8. The summed E-state index contributed by atoms with van der Waals surface area (Å²) in [6.07, 6.45) is 2.43. The van der Waals surface area contributed by atoms with Crippen LogP contribution in [0.2, 0.25) is 0 Å². The van der Waals surface area contributed by atoms with Gasteiger partial charge in [-0.2, -0.15) is 10.1 Å². The Morgan fingerprint density at radius 1 is 0.962 bits per heavy atom. The molecule has 1 aromatic heterocycles. The van der Waals surface area contributed by atoms with E-state index in [0.29, 0.717) is 18.3 Å². The molecule has 0 aliphatic carbocycles. The van der Waals surface area contributed by atoms with Crippen LogP contribution in [0.4, 0.5) is 17.5 Å². The van der Waals surface area contributed by atoms with Crippen LogP contribution in [0.15, 0.2) is 54.7 Å². The molecule has 3 rings (SSSR count). The number of hydrogen-bond acceptors (Lipinski definition) is 7. The first-order chi connectivity index (χ1) is 12.8. The molecule has 0 atom stereocenters. The molecule has 0 spiro atoms. The molecule has 0 saturated heterocycles. The molecule has 2 aromatic carbocycles. The summed E-state index contributed by atoms with van der Waals surface area (Å²) in [6.45, 7) is 0.705. The third kappa shape index (κ3) is 4.83. The van der Waals surface area contributed by atoms with Crippen LogP contribution in [0.25, 0.3) is 0 Å². The normalized spacial score (nSPS) is 10.2. The van der Waals surface area contributed by atoms with Gasteiger partial charge in [-0.05, 0) is 36.2 Å². The van der Waals surface area contributed by atoms with Gasteiger partial charge >= 0.3 is 0 Å². The van der Waals surface area contributed by atoms with Gasteiger partial charge in [-0.25, -0.2) is 0 Å². The number of benzene rings is 2. The van der Waals surface area contributed by atoms with Crippen LogP contribution in [0.5, 0.6) is 11.5 Å². The van der Waals surface area contributed by atoms with E-state index >= 15 is 0 Å². The summed E-state index contributed by atoms with van der Waals surface area (Å²) in [5, 5.41) is 14.4. The van der Waals surface area contributed by atoms with Crippen molar-refractivity contribution in [3.8, 4) is 11.5 Å². The van der Waals surface area contributed by atoms with Crippen LogP contribution in [0.3, 0.4) is 0 Å². The molecule has 0 radical (unpaired) electrons. The van der Waals surface area contributed by atoms with Crippen LogP contribution in [-0.4, -0.2) is 35.9 Å². The molecule has 0 aliphatic heterocycles. The molecular formula is C19H21N5O2. The standard InChI is InChI=1S/C19H21N5O2/c1-25-16-8-6-14(7-9-16)10-11-20-19-23-18(13-21-24-19)22-15-4-3-5-17(12-15)26-2/h3-9,12-13H,10-11H2,1-2H3,(H2,20,22,23,24). The number of anilines is 3. The van der Waals surface area contributed by atoms with E-state index in [0.717, 1.165) is 23.6 Å². The van der Waals surface area contributed by atoms with Gasteiger partial charge in [0.05, 0.1) is 20.4 Å². The van der Waals surface area contributed by atoms with E-state index < -0.39 is 0 Å². The molecule has 0 unspecified atom stereocenters. The van der Waals surface area contributed by atoms with E-state index in [2.05, 4.69) is 25.8 Å². The van der Waals surface area contributed by atoms with Gasteiger partial charge in [0, 0.05) is 18.3 Å². The van der Waals surface area contributed by atoms with Crippen LogP contribution >= 0.6 is 0 Å². The third-order valence-electron chi connectivity index (χ3n) is 3.76. The van der Waals surface area contributed by atoms with Gasteiger partial charge in [-0.3, -0.25) is 0 Å². The van der Waals surface area contributed by atoms with Gasteiger partial charge in [0.1, 0.15) is 11.5 Å². The summed E-state index contributed by atoms with van der Waals surface area (Å²) in [5.41, 5.74) is 2.07. The average molecular weight is 351 g/mol. The number of ether oxygens (including phenoxy) is 2. The highest BCUT2D eigenvalue weighted by molar-refractivity contribution is 5.58. The van der Waals surface area contributed by atoms with Crippen molar-refractivity contribution >= 4 is 17.5 Å². The van der Waals surface area contributed by atoms with E-state index in [1.165, 1.54) is 5.56 Å². The first kappa shape index (κ1) is 17.5. The molecule has 7 heteroatoms. The smallest absolute Gasteiger partial charge is 0.244 e. The Morgan fingerprint density at radius 3 is 2.54 bits per heavy atom. The zero-order valence-corrected chi connectivity index (χ0v) is 14.8. The molecule has 3 aromatic rings. The van der Waals surface area contributed by atoms with Crippen molar-refractivity contribution < 1.29 is 9.47 Å². The fourth-order valence-electron chi connectivity index (χ4n) is 2.40. The Labute approximate surface area is 152 Å². The van der Waals surface area contributed by atoms with Crippen LogP contribution in [-0.2, 0) is 6.42 Å². The van der Waals surface area contributed by atoms with E-state index in [-0.39, 0.29) is 0 Å². The molecule has 134 valence electrons. The van der Waals surface area contributed by atoms with Gasteiger partial charge in [-0.1, -0.05) is 18.2 Å². The zero-order chi connectivity index (χ0) is 18.2. The number of hydrogen-bond donors (Lipinski definition) is 2. The number of nitrogens with one attached hydrogen (secondary N) is 2. The van der Waals surface area contributed by atoms with Crippen molar-refractivity contribution in [1.82, 2.24) is 15.2 Å². The maximum absolute atomic E-state index is 5.22. The lowest BCUT2D eigenvalue weighted by Crippen LogP contribution is -2.09. The SMILES string of the molecule is COc1ccc(CCNc2nncc(Nc3cccc(OC)c3)n2)cc1. The number of aromatic nitrogens is 3. The van der Waals surface area contributed by atoms with E-state index in [4.69, 9.17) is 9.47 Å². The zero-order valence-electron chi connectivity index (χ0n) is 14.8. The van der Waals surface area contributed by atoms with Crippen molar-refractivity contribution in [2.45, 2.75) is 6.42 Å². The maximum atomic E-state index is 5.22. The largest absolute Gasteiger partial charge is 0.497 e. The molecule has 26 heavy (non-hydrogen) atoms. The second kappa shape index (κ2) is 8.66. The first-order valence-electron chi connectivity index (χ1n) is 8.24. The fourth-order valence-corrected chi connectivity index (χ4v) is 2.40. The number of methoxy groups -OCH3 is 2. The lowest BCUT2D eigenvalue weighted by Gasteiger charge is -2.09. The van der Waals surface area contributed by atoms with Gasteiger partial charge in [0.15, 0.2) is 5.82 Å². The predicted octanol–water partition coefficient (Wildman–Crippen LogP) is 3.29. The summed E-state index contributed by atoms with van der Waals surface area (Å²) in [5.74, 6) is 2.71. The Kier molecular flexibility index (Phi) is 5.82. The molecule has 0 bridgehead atoms. The fraction of sp³-hybridized carbons (Fsp3) is 0.211. The Balaban J connectivity index is 1.56. The first-order valence-corrected chi connectivity index (χ1v) is 8.24. The highest BCUT2D eigenvalue weighted by Gasteiger charge is 2.02. The van der Waals surface area contributed by atoms with Crippen LogP contribution in [0.1, 0.15) is 5.56 Å². The van der Waals surface area contributed by atoms with Crippen LogP contribution in [0, 0.1) is 0 Å². The minimum absolute atomic E-state index is 0.478. The second-order valence-corrected chi connectivity index (χ2v) is 5.55. The summed E-state index contributed by atoms with van der Waals surface area (Å²) in [4.78, 5) is 4.43. The van der Waals surface area contributed by atoms with E-state index in [1.54, 1.807) is 20.4 Å². The second-order valence-electron chi connectivity index (χ2n) is 5.55. The van der Waals surface area contributed by atoms with E-state index in [9.17, 15) is 0 Å². The van der Waals surface area contributed by atoms with Crippen molar-refractivity contribution in [2.24, 2.45) is 0 Å². The third-order valence-corrected chi connectivity index (χ3v) is 3.76. The molecular weight excluding hydrogens is 330 g/mol. The van der Waals surface area contributed by atoms with Crippen molar-refractivity contribution in [3.63, 3.8) is 0 Å². The lowest BCUT2D eigenvalue weighted by atomic mass is 10.1. The van der Waals surface area contributed by atoms with Crippen molar-refractivity contribution in [3.05, 3.63) is 60.3 Å². The van der Waals surface area contributed by atoms with E-state index in [1.807, 2.05) is 48.5 Å². The van der Waals surface area contributed by atoms with Crippen molar-refractivity contribution in [2.75, 3.05) is 31.4 Å². The Bertz CT molecular complexity index is 839. The van der Waals surface area contributed by atoms with Gasteiger partial charge in [-0.15, -0.1) is 5.10 Å². The minimum atomic E-state index is 0.478. The van der Waals surface area contributed by atoms with Gasteiger partial charge in [0.2, 0.25) is 5.95 Å². The molecule has 0 aliphatic rings. The highest BCUT2D eigenvalue weighted by atomic mass is 16.5. The Hall–Kier alpha value is -3.35. The maximum Gasteiger partial charge on any atom is 0.244 e. The summed E-state index contributed by atoms with van der Waals surface area (Å²) >= 11 is 0. The molecule has 7 nitrogen and oxygen atoms in total. The van der Waals surface area contributed by atoms with Crippen LogP contribution < -0.4 is 20.1 Å². The lowest BCUT2D eigenvalue weighted by molar-refractivity contribution is 0.414. The Morgan fingerprint density at radius 2 is 1.77 bits per heavy atom. The van der Waals surface area contributed by atoms with Crippen molar-refractivity contribution in [1.29, 1.82) is 0 Å². The quantitative estimate of drug-likeness (QED) is 0.644. The summed E-state index contributed by atoms with van der Waals surface area (Å²) in [6, 6.07) is 15.6. The predicted molar refractivity (Wildman–Crippen MR) is 101 cm³/mol. The highest BCUT2D eigenvalue weighted by Crippen LogP contribution is 2.20. The van der Waals surface area contributed by atoms with Gasteiger partial charge in [0.25, 0.3) is 0 Å². The molecule has 2 N–H and O–H groups in total. The molecule has 0 fully saturated rings.